The fraction of sp³-hybridized carbons (Fsp3) is 0.550. The molecule has 1 aliphatic heterocycles. The summed E-state index contributed by atoms with van der Waals surface area (Å²) in [4.78, 5) is 37.3. The number of aliphatic hydroxyl groups is 1. The highest BCUT2D eigenvalue weighted by atomic mass is 16.6. The molecule has 0 spiro atoms. The second-order valence-corrected chi connectivity index (χ2v) is 7.24. The Labute approximate surface area is 153 Å². The van der Waals surface area contributed by atoms with Gasteiger partial charge in [0.05, 0.1) is 18.1 Å². The van der Waals surface area contributed by atoms with Crippen molar-refractivity contribution in [3.05, 3.63) is 36.5 Å². The molecule has 5 unspecified atom stereocenters. The van der Waals surface area contributed by atoms with Gasteiger partial charge in [0.15, 0.2) is 0 Å². The predicted molar refractivity (Wildman–Crippen MR) is 94.9 cm³/mol. The molecule has 0 aromatic carbocycles. The van der Waals surface area contributed by atoms with Crippen LogP contribution in [0.3, 0.4) is 0 Å². The van der Waals surface area contributed by atoms with Crippen molar-refractivity contribution in [2.24, 2.45) is 17.3 Å². The minimum absolute atomic E-state index is 0.0334. The first-order chi connectivity index (χ1) is 12.2. The Morgan fingerprint density at radius 3 is 2.65 bits per heavy atom. The maximum atomic E-state index is 12.9. The summed E-state index contributed by atoms with van der Waals surface area (Å²) in [5.41, 5.74) is -0.553. The van der Waals surface area contributed by atoms with E-state index in [9.17, 15) is 19.5 Å². The van der Waals surface area contributed by atoms with Gasteiger partial charge in [0.2, 0.25) is 0 Å². The lowest BCUT2D eigenvalue weighted by Crippen LogP contribution is -2.45. The van der Waals surface area contributed by atoms with Crippen LogP contribution < -0.4 is 0 Å². The summed E-state index contributed by atoms with van der Waals surface area (Å²) in [5, 5.41) is 9.30. The standard InChI is InChI=1S/C20H26O6/c1-6-13(10-21)19(24)26-15-9-20(5,7-2)17(22)11(3)8-14-16(15)12(4)18(23)25-14/h6-7,11,14-16,21H,2,4,8-10H2,1,3,5H3. The highest BCUT2D eigenvalue weighted by molar-refractivity contribution is 5.93. The molecule has 0 aromatic rings. The van der Waals surface area contributed by atoms with Crippen molar-refractivity contribution in [3.63, 3.8) is 0 Å². The third-order valence-corrected chi connectivity index (χ3v) is 5.44. The van der Waals surface area contributed by atoms with Crippen LogP contribution in [0.5, 0.6) is 0 Å². The fourth-order valence-corrected chi connectivity index (χ4v) is 3.76. The maximum absolute atomic E-state index is 12.9. The minimum Gasteiger partial charge on any atom is -0.458 e. The second kappa shape index (κ2) is 7.58. The summed E-state index contributed by atoms with van der Waals surface area (Å²) in [6.45, 7) is 12.3. The molecule has 2 rings (SSSR count). The molecule has 142 valence electrons. The van der Waals surface area contributed by atoms with E-state index in [1.54, 1.807) is 26.8 Å². The molecule has 0 amide bonds. The van der Waals surface area contributed by atoms with Gasteiger partial charge in [-0.15, -0.1) is 6.58 Å². The Hall–Kier alpha value is -2.21. The van der Waals surface area contributed by atoms with E-state index < -0.39 is 42.1 Å². The van der Waals surface area contributed by atoms with E-state index in [1.807, 2.05) is 0 Å². The average Bonchev–Trinajstić information content (AvgIpc) is 2.87. The molecule has 1 saturated heterocycles. The molecule has 1 saturated carbocycles. The molecular weight excluding hydrogens is 336 g/mol. The Balaban J connectivity index is 2.43. The zero-order valence-corrected chi connectivity index (χ0v) is 15.5. The molecule has 2 aliphatic rings. The third-order valence-electron chi connectivity index (χ3n) is 5.44. The Morgan fingerprint density at radius 1 is 1.46 bits per heavy atom. The number of ketones is 1. The molecule has 6 nitrogen and oxygen atoms in total. The van der Waals surface area contributed by atoms with Crippen molar-refractivity contribution in [1.82, 2.24) is 0 Å². The van der Waals surface area contributed by atoms with Crippen LogP contribution in [0.15, 0.2) is 36.5 Å². The van der Waals surface area contributed by atoms with Gasteiger partial charge in [-0.3, -0.25) is 4.79 Å². The van der Waals surface area contributed by atoms with Crippen LogP contribution in [0.25, 0.3) is 0 Å². The molecule has 26 heavy (non-hydrogen) atoms. The lowest BCUT2D eigenvalue weighted by Gasteiger charge is -2.38. The minimum atomic E-state index is -0.906. The molecule has 2 fully saturated rings. The van der Waals surface area contributed by atoms with Gasteiger partial charge in [-0.05, 0) is 20.3 Å². The van der Waals surface area contributed by atoms with Crippen molar-refractivity contribution >= 4 is 17.7 Å². The quantitative estimate of drug-likeness (QED) is 0.468. The number of carbonyl (C=O) groups is 3. The smallest absolute Gasteiger partial charge is 0.336 e. The molecule has 6 heteroatoms. The largest absolute Gasteiger partial charge is 0.458 e. The van der Waals surface area contributed by atoms with E-state index in [1.165, 1.54) is 6.08 Å². The lowest BCUT2D eigenvalue weighted by molar-refractivity contribution is -0.155. The summed E-state index contributed by atoms with van der Waals surface area (Å²) in [6, 6.07) is 0. The topological polar surface area (TPSA) is 89.9 Å². The summed E-state index contributed by atoms with van der Waals surface area (Å²) in [5.74, 6) is -2.11. The number of hydrogen-bond acceptors (Lipinski definition) is 6. The van der Waals surface area contributed by atoms with Crippen molar-refractivity contribution in [1.29, 1.82) is 0 Å². The molecule has 0 bridgehead atoms. The van der Waals surface area contributed by atoms with Gasteiger partial charge >= 0.3 is 11.9 Å². The molecule has 1 aliphatic carbocycles. The van der Waals surface area contributed by atoms with Crippen molar-refractivity contribution in [3.8, 4) is 0 Å². The molecule has 5 atom stereocenters. The van der Waals surface area contributed by atoms with Crippen LogP contribution in [0, 0.1) is 17.3 Å². The zero-order chi connectivity index (χ0) is 19.6. The first-order valence-corrected chi connectivity index (χ1v) is 8.73. The Morgan fingerprint density at radius 2 is 2.12 bits per heavy atom. The van der Waals surface area contributed by atoms with E-state index in [-0.39, 0.29) is 29.3 Å². The summed E-state index contributed by atoms with van der Waals surface area (Å²) < 4.78 is 11.0. The second-order valence-electron chi connectivity index (χ2n) is 7.24. The molecular formula is C20H26O6. The van der Waals surface area contributed by atoms with Crippen LogP contribution in [-0.2, 0) is 23.9 Å². The highest BCUT2D eigenvalue weighted by Crippen LogP contribution is 2.44. The number of aliphatic hydroxyl groups excluding tert-OH is 1. The Bertz CT molecular complexity index is 676. The van der Waals surface area contributed by atoms with Gasteiger partial charge in [0.1, 0.15) is 18.0 Å². The van der Waals surface area contributed by atoms with E-state index in [0.717, 1.165) is 0 Å². The number of ether oxygens (including phenoxy) is 2. The van der Waals surface area contributed by atoms with Gasteiger partial charge in [-0.2, -0.15) is 0 Å². The van der Waals surface area contributed by atoms with Gasteiger partial charge in [0, 0.05) is 23.3 Å². The van der Waals surface area contributed by atoms with Crippen molar-refractivity contribution in [2.45, 2.75) is 45.8 Å². The maximum Gasteiger partial charge on any atom is 0.336 e. The van der Waals surface area contributed by atoms with Crippen molar-refractivity contribution < 1.29 is 29.0 Å². The number of carbonyl (C=O) groups excluding carboxylic acids is 3. The number of rotatable bonds is 4. The summed E-state index contributed by atoms with van der Waals surface area (Å²) in [7, 11) is 0. The zero-order valence-electron chi connectivity index (χ0n) is 15.5. The molecule has 0 radical (unpaired) electrons. The first-order valence-electron chi connectivity index (χ1n) is 8.73. The van der Waals surface area contributed by atoms with Crippen LogP contribution in [0.4, 0.5) is 0 Å². The lowest BCUT2D eigenvalue weighted by atomic mass is 9.68. The van der Waals surface area contributed by atoms with Gasteiger partial charge in [-0.1, -0.05) is 25.7 Å². The summed E-state index contributed by atoms with van der Waals surface area (Å²) in [6.07, 6.45) is 2.19. The van der Waals surface area contributed by atoms with Gasteiger partial charge in [-0.25, -0.2) is 9.59 Å². The number of hydrogen-bond donors (Lipinski definition) is 1. The van der Waals surface area contributed by atoms with Gasteiger partial charge in [0.25, 0.3) is 0 Å². The van der Waals surface area contributed by atoms with Gasteiger partial charge < -0.3 is 14.6 Å². The number of Topliss-reactive ketones (excluding diaryl/α,β-unsaturated/α-hetero) is 1. The fourth-order valence-electron chi connectivity index (χ4n) is 3.76. The number of allylic oxidation sites excluding steroid dienone is 2. The predicted octanol–water partition coefficient (Wildman–Crippen LogP) is 2.13. The van der Waals surface area contributed by atoms with E-state index in [2.05, 4.69) is 13.2 Å². The SMILES string of the molecule is C=CC1(C)CC(OC(=O)C(=CC)CO)C2C(=C)C(=O)OC2CC(C)C1=O. The van der Waals surface area contributed by atoms with E-state index >= 15 is 0 Å². The third kappa shape index (κ3) is 3.51. The molecule has 1 N–H and O–H groups in total. The van der Waals surface area contributed by atoms with E-state index in [0.29, 0.717) is 6.42 Å². The Kier molecular flexibility index (Phi) is 5.86. The van der Waals surface area contributed by atoms with Crippen LogP contribution >= 0.6 is 0 Å². The molecule has 0 aromatic heterocycles. The van der Waals surface area contributed by atoms with Crippen LogP contribution in [-0.4, -0.2) is 41.6 Å². The van der Waals surface area contributed by atoms with Crippen molar-refractivity contribution in [2.75, 3.05) is 6.61 Å². The number of esters is 2. The average molecular weight is 362 g/mol. The molecule has 1 heterocycles. The highest BCUT2D eigenvalue weighted by Gasteiger charge is 2.51. The van der Waals surface area contributed by atoms with E-state index in [4.69, 9.17) is 9.47 Å². The number of fused-ring (bicyclic) bond motifs is 1. The normalized spacial score (nSPS) is 35.2. The monoisotopic (exact) mass is 362 g/mol. The summed E-state index contributed by atoms with van der Waals surface area (Å²) >= 11 is 0. The van der Waals surface area contributed by atoms with Crippen LogP contribution in [0.2, 0.25) is 0 Å². The first kappa shape index (κ1) is 20.1. The van der Waals surface area contributed by atoms with Crippen LogP contribution in [0.1, 0.15) is 33.6 Å².